The van der Waals surface area contributed by atoms with E-state index >= 15 is 0 Å². The van der Waals surface area contributed by atoms with Crippen molar-refractivity contribution in [3.8, 4) is 0 Å². The fraction of sp³-hybridized carbons (Fsp3) is 1.00. The molecule has 0 amide bonds. The summed E-state index contributed by atoms with van der Waals surface area (Å²) in [4.78, 5) is 0. The molecule has 1 atom stereocenters. The molecule has 2 aliphatic heterocycles. The summed E-state index contributed by atoms with van der Waals surface area (Å²) < 4.78 is 5.97. The maximum absolute atomic E-state index is 5.97. The van der Waals surface area contributed by atoms with Gasteiger partial charge in [-0.15, -0.1) is 12.4 Å². The molecule has 2 saturated heterocycles. The quantitative estimate of drug-likeness (QED) is 0.774. The Morgan fingerprint density at radius 2 is 1.80 bits per heavy atom. The fourth-order valence-corrected chi connectivity index (χ4v) is 3.65. The summed E-state index contributed by atoms with van der Waals surface area (Å²) in [6, 6.07) is 0. The number of nitrogens with one attached hydrogen (secondary N) is 1. The lowest BCUT2D eigenvalue weighted by molar-refractivity contribution is -0.0457. The highest BCUT2D eigenvalue weighted by atomic mass is 35.5. The third-order valence-corrected chi connectivity index (χ3v) is 4.37. The number of hydrogen-bond acceptors (Lipinski definition) is 3. The zero-order chi connectivity index (χ0) is 10.2. The van der Waals surface area contributed by atoms with Crippen LogP contribution in [0.5, 0.6) is 0 Å². The summed E-state index contributed by atoms with van der Waals surface area (Å²) in [7, 11) is 0. The molecule has 2 nitrogen and oxygen atoms in total. The van der Waals surface area contributed by atoms with Gasteiger partial charge in [0, 0.05) is 11.5 Å². The normalized spacial score (nSPS) is 36.2. The standard InChI is InChI=1S/C11H21NOS.ClH/c1-10(2)8-13-11(3,12-10)9-4-6-14-7-5-9;/h9,12H,4-8H2,1-3H3;1H. The Bertz CT molecular complexity index is 219. The van der Waals surface area contributed by atoms with Crippen molar-refractivity contribution in [1.29, 1.82) is 0 Å². The van der Waals surface area contributed by atoms with E-state index in [0.29, 0.717) is 5.92 Å². The van der Waals surface area contributed by atoms with Crippen LogP contribution in [0.1, 0.15) is 33.6 Å². The first-order valence-electron chi connectivity index (χ1n) is 5.53. The Kier molecular flexibility index (Phi) is 4.38. The van der Waals surface area contributed by atoms with E-state index in [1.54, 1.807) is 0 Å². The van der Waals surface area contributed by atoms with Gasteiger partial charge in [0.1, 0.15) is 5.72 Å². The van der Waals surface area contributed by atoms with Gasteiger partial charge >= 0.3 is 0 Å². The maximum Gasteiger partial charge on any atom is 0.119 e. The summed E-state index contributed by atoms with van der Waals surface area (Å²) in [6.07, 6.45) is 2.59. The second kappa shape index (κ2) is 4.82. The predicted molar refractivity (Wildman–Crippen MR) is 68.9 cm³/mol. The van der Waals surface area contributed by atoms with Crippen molar-refractivity contribution in [3.63, 3.8) is 0 Å². The van der Waals surface area contributed by atoms with E-state index in [9.17, 15) is 0 Å². The lowest BCUT2D eigenvalue weighted by Gasteiger charge is -2.37. The molecular weight excluding hydrogens is 230 g/mol. The van der Waals surface area contributed by atoms with Crippen LogP contribution < -0.4 is 5.32 Å². The van der Waals surface area contributed by atoms with Gasteiger partial charge in [0.2, 0.25) is 0 Å². The van der Waals surface area contributed by atoms with E-state index in [4.69, 9.17) is 4.74 Å². The number of ether oxygens (including phenoxy) is 1. The summed E-state index contributed by atoms with van der Waals surface area (Å²) in [5.41, 5.74) is 0.0871. The zero-order valence-electron chi connectivity index (χ0n) is 9.84. The number of halogens is 1. The number of rotatable bonds is 1. The van der Waals surface area contributed by atoms with Gasteiger partial charge in [-0.05, 0) is 45.1 Å². The minimum absolute atomic E-state index is 0. The fourth-order valence-electron chi connectivity index (χ4n) is 2.54. The number of hydrogen-bond donors (Lipinski definition) is 1. The average Bonchev–Trinajstić information content (AvgIpc) is 2.44. The molecule has 2 fully saturated rings. The van der Waals surface area contributed by atoms with Gasteiger partial charge in [-0.1, -0.05) is 0 Å². The van der Waals surface area contributed by atoms with E-state index in [1.807, 2.05) is 0 Å². The first-order valence-corrected chi connectivity index (χ1v) is 6.68. The van der Waals surface area contributed by atoms with Gasteiger partial charge in [-0.3, -0.25) is 5.32 Å². The molecular formula is C11H22ClNOS. The van der Waals surface area contributed by atoms with Gasteiger partial charge < -0.3 is 4.74 Å². The molecule has 0 aromatic rings. The van der Waals surface area contributed by atoms with Crippen LogP contribution in [0.15, 0.2) is 0 Å². The molecule has 15 heavy (non-hydrogen) atoms. The average molecular weight is 252 g/mol. The summed E-state index contributed by atoms with van der Waals surface area (Å²) in [6.45, 7) is 7.50. The molecule has 2 aliphatic rings. The Hall–Kier alpha value is 0.560. The molecule has 0 radical (unpaired) electrons. The predicted octanol–water partition coefficient (Wildman–Crippen LogP) is 2.67. The highest BCUT2D eigenvalue weighted by Crippen LogP contribution is 2.37. The van der Waals surface area contributed by atoms with Gasteiger partial charge in [0.15, 0.2) is 0 Å². The molecule has 1 N–H and O–H groups in total. The second-order valence-corrected chi connectivity index (χ2v) is 6.52. The largest absolute Gasteiger partial charge is 0.359 e. The van der Waals surface area contributed by atoms with E-state index in [2.05, 4.69) is 37.8 Å². The van der Waals surface area contributed by atoms with Crippen LogP contribution >= 0.6 is 24.2 Å². The van der Waals surface area contributed by atoms with Gasteiger partial charge in [-0.2, -0.15) is 11.8 Å². The summed E-state index contributed by atoms with van der Waals surface area (Å²) in [5, 5.41) is 3.64. The molecule has 2 rings (SSSR count). The Morgan fingerprint density at radius 3 is 2.27 bits per heavy atom. The molecule has 90 valence electrons. The third kappa shape index (κ3) is 3.02. The Morgan fingerprint density at radius 1 is 1.20 bits per heavy atom. The molecule has 0 aliphatic carbocycles. The van der Waals surface area contributed by atoms with Crippen LogP contribution in [-0.4, -0.2) is 29.4 Å². The van der Waals surface area contributed by atoms with Crippen LogP contribution in [0, 0.1) is 5.92 Å². The maximum atomic E-state index is 5.97. The number of thioether (sulfide) groups is 1. The summed E-state index contributed by atoms with van der Waals surface area (Å²) >= 11 is 2.07. The third-order valence-electron chi connectivity index (χ3n) is 3.32. The Balaban J connectivity index is 0.00000112. The van der Waals surface area contributed by atoms with E-state index < -0.39 is 0 Å². The highest BCUT2D eigenvalue weighted by molar-refractivity contribution is 7.99. The molecule has 0 aromatic carbocycles. The molecule has 2 heterocycles. The van der Waals surface area contributed by atoms with Crippen LogP contribution in [0.2, 0.25) is 0 Å². The van der Waals surface area contributed by atoms with Gasteiger partial charge in [0.25, 0.3) is 0 Å². The Labute approximate surface area is 103 Å². The van der Waals surface area contributed by atoms with Gasteiger partial charge in [-0.25, -0.2) is 0 Å². The van der Waals surface area contributed by atoms with Crippen LogP contribution in [-0.2, 0) is 4.74 Å². The van der Waals surface area contributed by atoms with Crippen LogP contribution in [0.4, 0.5) is 0 Å². The van der Waals surface area contributed by atoms with E-state index in [0.717, 1.165) is 6.61 Å². The first kappa shape index (κ1) is 13.6. The van der Waals surface area contributed by atoms with Crippen molar-refractivity contribution >= 4 is 24.2 Å². The monoisotopic (exact) mass is 251 g/mol. The molecule has 0 saturated carbocycles. The zero-order valence-corrected chi connectivity index (χ0v) is 11.5. The smallest absolute Gasteiger partial charge is 0.119 e. The van der Waals surface area contributed by atoms with Crippen molar-refractivity contribution in [2.75, 3.05) is 18.1 Å². The summed E-state index contributed by atoms with van der Waals surface area (Å²) in [5.74, 6) is 3.29. The van der Waals surface area contributed by atoms with Crippen molar-refractivity contribution in [2.24, 2.45) is 5.92 Å². The van der Waals surface area contributed by atoms with Crippen molar-refractivity contribution in [1.82, 2.24) is 5.32 Å². The minimum atomic E-state index is -0.0650. The van der Waals surface area contributed by atoms with E-state index in [-0.39, 0.29) is 23.7 Å². The van der Waals surface area contributed by atoms with Crippen LogP contribution in [0.25, 0.3) is 0 Å². The molecule has 4 heteroatoms. The minimum Gasteiger partial charge on any atom is -0.359 e. The molecule has 0 aromatic heterocycles. The second-order valence-electron chi connectivity index (χ2n) is 5.29. The van der Waals surface area contributed by atoms with Crippen molar-refractivity contribution in [2.45, 2.75) is 44.9 Å². The lowest BCUT2D eigenvalue weighted by Crippen LogP contribution is -2.51. The van der Waals surface area contributed by atoms with Crippen molar-refractivity contribution < 1.29 is 4.74 Å². The van der Waals surface area contributed by atoms with E-state index in [1.165, 1.54) is 24.3 Å². The topological polar surface area (TPSA) is 21.3 Å². The SMILES string of the molecule is CC1(C)COC(C)(C2CCSCC2)N1.Cl. The van der Waals surface area contributed by atoms with Crippen molar-refractivity contribution in [3.05, 3.63) is 0 Å². The first-order chi connectivity index (χ1) is 6.52. The molecule has 1 unspecified atom stereocenters. The molecule has 0 spiro atoms. The van der Waals surface area contributed by atoms with Crippen LogP contribution in [0.3, 0.4) is 0 Å². The van der Waals surface area contributed by atoms with Gasteiger partial charge in [0.05, 0.1) is 6.61 Å². The molecule has 0 bridgehead atoms. The lowest BCUT2D eigenvalue weighted by atomic mass is 9.90. The highest BCUT2D eigenvalue weighted by Gasteiger charge is 2.45.